The molecule has 0 radical (unpaired) electrons. The molecule has 19 heavy (non-hydrogen) atoms. The molecule has 1 amide bonds. The maximum atomic E-state index is 12.6. The van der Waals surface area contributed by atoms with Crippen molar-refractivity contribution in [2.45, 2.75) is 70.9 Å². The van der Waals surface area contributed by atoms with Crippen molar-refractivity contribution in [3.8, 4) is 0 Å². The Balaban J connectivity index is 1.87. The standard InChI is InChI=1S/C16H30N2O/c1-4-13-9-10-17-15(11-13)16(19)18(3)14-7-5-12(2)6-8-14/h12-15,17H,4-11H2,1-3H3. The molecule has 2 unspecified atom stereocenters. The summed E-state index contributed by atoms with van der Waals surface area (Å²) < 4.78 is 0. The number of carbonyl (C=O) groups excluding carboxylic acids is 1. The molecule has 1 N–H and O–H groups in total. The van der Waals surface area contributed by atoms with Crippen LogP contribution in [0.4, 0.5) is 0 Å². The van der Waals surface area contributed by atoms with E-state index in [-0.39, 0.29) is 6.04 Å². The third kappa shape index (κ3) is 3.71. The second kappa shape index (κ2) is 6.74. The molecular weight excluding hydrogens is 236 g/mol. The summed E-state index contributed by atoms with van der Waals surface area (Å²) in [5.41, 5.74) is 0. The van der Waals surface area contributed by atoms with Gasteiger partial charge >= 0.3 is 0 Å². The number of hydrogen-bond acceptors (Lipinski definition) is 2. The number of rotatable bonds is 3. The van der Waals surface area contributed by atoms with Gasteiger partial charge in [-0.05, 0) is 56.9 Å². The molecule has 0 aromatic rings. The van der Waals surface area contributed by atoms with Crippen molar-refractivity contribution >= 4 is 5.91 Å². The van der Waals surface area contributed by atoms with Crippen molar-refractivity contribution in [1.82, 2.24) is 10.2 Å². The van der Waals surface area contributed by atoms with Gasteiger partial charge in [0.25, 0.3) is 0 Å². The Morgan fingerprint density at radius 2 is 1.89 bits per heavy atom. The van der Waals surface area contributed by atoms with Crippen LogP contribution in [-0.4, -0.2) is 36.5 Å². The van der Waals surface area contributed by atoms with Gasteiger partial charge < -0.3 is 10.2 Å². The molecule has 2 aliphatic rings. The first-order valence-corrected chi connectivity index (χ1v) is 8.11. The van der Waals surface area contributed by atoms with Crippen LogP contribution in [0.2, 0.25) is 0 Å². The molecule has 1 aliphatic heterocycles. The van der Waals surface area contributed by atoms with E-state index in [0.717, 1.165) is 24.8 Å². The summed E-state index contributed by atoms with van der Waals surface area (Å²) in [6.07, 6.45) is 8.39. The Hall–Kier alpha value is -0.570. The Kier molecular flexibility index (Phi) is 5.26. The van der Waals surface area contributed by atoms with Gasteiger partial charge in [-0.1, -0.05) is 20.3 Å². The Labute approximate surface area is 118 Å². The van der Waals surface area contributed by atoms with Crippen LogP contribution in [0.25, 0.3) is 0 Å². The molecule has 3 nitrogen and oxygen atoms in total. The van der Waals surface area contributed by atoms with E-state index in [1.54, 1.807) is 0 Å². The predicted octanol–water partition coefficient (Wildman–Crippen LogP) is 2.80. The van der Waals surface area contributed by atoms with Gasteiger partial charge in [-0.2, -0.15) is 0 Å². The number of hydrogen-bond donors (Lipinski definition) is 1. The fraction of sp³-hybridized carbons (Fsp3) is 0.938. The third-order valence-corrected chi connectivity index (χ3v) is 5.27. The molecule has 0 aromatic heterocycles. The lowest BCUT2D eigenvalue weighted by Crippen LogP contribution is -2.52. The van der Waals surface area contributed by atoms with Crippen LogP contribution >= 0.6 is 0 Å². The minimum atomic E-state index is 0.0723. The minimum absolute atomic E-state index is 0.0723. The lowest BCUT2D eigenvalue weighted by Gasteiger charge is -2.37. The van der Waals surface area contributed by atoms with Crippen molar-refractivity contribution in [1.29, 1.82) is 0 Å². The maximum Gasteiger partial charge on any atom is 0.239 e. The van der Waals surface area contributed by atoms with Crippen molar-refractivity contribution in [2.75, 3.05) is 13.6 Å². The van der Waals surface area contributed by atoms with Crippen molar-refractivity contribution in [3.05, 3.63) is 0 Å². The average molecular weight is 266 g/mol. The normalized spacial score (nSPS) is 35.9. The largest absolute Gasteiger partial charge is 0.341 e. The van der Waals surface area contributed by atoms with Crippen molar-refractivity contribution in [2.24, 2.45) is 11.8 Å². The van der Waals surface area contributed by atoms with Crippen LogP contribution in [0.3, 0.4) is 0 Å². The SMILES string of the molecule is CCC1CCNC(C(=O)N(C)C2CCC(C)CC2)C1. The van der Waals surface area contributed by atoms with Gasteiger partial charge in [-0.15, -0.1) is 0 Å². The van der Waals surface area contributed by atoms with Gasteiger partial charge in [0.05, 0.1) is 6.04 Å². The lowest BCUT2D eigenvalue weighted by atomic mass is 9.85. The van der Waals surface area contributed by atoms with Crippen LogP contribution in [0.1, 0.15) is 58.8 Å². The molecular formula is C16H30N2O. The van der Waals surface area contributed by atoms with E-state index in [4.69, 9.17) is 0 Å². The summed E-state index contributed by atoms with van der Waals surface area (Å²) in [5.74, 6) is 1.91. The molecule has 2 fully saturated rings. The zero-order valence-electron chi connectivity index (χ0n) is 12.8. The zero-order valence-corrected chi connectivity index (χ0v) is 12.8. The number of nitrogens with one attached hydrogen (secondary N) is 1. The first-order valence-electron chi connectivity index (χ1n) is 8.11. The number of piperidine rings is 1. The molecule has 1 saturated heterocycles. The van der Waals surface area contributed by atoms with Gasteiger partial charge in [0.1, 0.15) is 0 Å². The summed E-state index contributed by atoms with van der Waals surface area (Å²) in [6, 6.07) is 0.551. The zero-order chi connectivity index (χ0) is 13.8. The molecule has 1 aliphatic carbocycles. The first kappa shape index (κ1) is 14.8. The number of carbonyl (C=O) groups is 1. The van der Waals surface area contributed by atoms with E-state index in [2.05, 4.69) is 19.2 Å². The van der Waals surface area contributed by atoms with E-state index in [9.17, 15) is 4.79 Å². The second-order valence-corrected chi connectivity index (χ2v) is 6.67. The Morgan fingerprint density at radius 1 is 1.21 bits per heavy atom. The van der Waals surface area contributed by atoms with Crippen molar-refractivity contribution < 1.29 is 4.79 Å². The average Bonchev–Trinajstić information content (AvgIpc) is 2.46. The molecule has 0 bridgehead atoms. The van der Waals surface area contributed by atoms with Crippen LogP contribution < -0.4 is 5.32 Å². The molecule has 1 heterocycles. The molecule has 0 aromatic carbocycles. The Bertz CT molecular complexity index is 297. The van der Waals surface area contributed by atoms with E-state index in [1.807, 2.05) is 11.9 Å². The van der Waals surface area contributed by atoms with Gasteiger partial charge in [0.2, 0.25) is 5.91 Å². The van der Waals surface area contributed by atoms with Gasteiger partial charge in [0, 0.05) is 13.1 Å². The highest BCUT2D eigenvalue weighted by atomic mass is 16.2. The van der Waals surface area contributed by atoms with Crippen LogP contribution in [0, 0.1) is 11.8 Å². The molecule has 0 spiro atoms. The molecule has 1 saturated carbocycles. The second-order valence-electron chi connectivity index (χ2n) is 6.67. The summed E-state index contributed by atoms with van der Waals surface area (Å²) in [5, 5.41) is 3.42. The number of amides is 1. The number of likely N-dealkylation sites (N-methyl/N-ethyl adjacent to an activating group) is 1. The van der Waals surface area contributed by atoms with Gasteiger partial charge in [0.15, 0.2) is 0 Å². The molecule has 2 atom stereocenters. The van der Waals surface area contributed by atoms with E-state index >= 15 is 0 Å². The summed E-state index contributed by atoms with van der Waals surface area (Å²) in [4.78, 5) is 14.6. The minimum Gasteiger partial charge on any atom is -0.341 e. The highest BCUT2D eigenvalue weighted by Gasteiger charge is 2.31. The van der Waals surface area contributed by atoms with Crippen LogP contribution in [0.5, 0.6) is 0 Å². The Morgan fingerprint density at radius 3 is 2.53 bits per heavy atom. The monoisotopic (exact) mass is 266 g/mol. The molecule has 2 rings (SSSR count). The highest BCUT2D eigenvalue weighted by molar-refractivity contribution is 5.82. The van der Waals surface area contributed by atoms with E-state index in [0.29, 0.717) is 11.9 Å². The summed E-state index contributed by atoms with van der Waals surface area (Å²) >= 11 is 0. The molecule has 110 valence electrons. The fourth-order valence-corrected chi connectivity index (χ4v) is 3.61. The van der Waals surface area contributed by atoms with Gasteiger partial charge in [-0.25, -0.2) is 0 Å². The van der Waals surface area contributed by atoms with E-state index < -0.39 is 0 Å². The summed E-state index contributed by atoms with van der Waals surface area (Å²) in [7, 11) is 2.01. The van der Waals surface area contributed by atoms with Gasteiger partial charge in [-0.3, -0.25) is 4.79 Å². The van der Waals surface area contributed by atoms with E-state index in [1.165, 1.54) is 38.5 Å². The smallest absolute Gasteiger partial charge is 0.239 e. The number of nitrogens with zero attached hydrogens (tertiary/aromatic N) is 1. The fourth-order valence-electron chi connectivity index (χ4n) is 3.61. The quantitative estimate of drug-likeness (QED) is 0.852. The van der Waals surface area contributed by atoms with Crippen molar-refractivity contribution in [3.63, 3.8) is 0 Å². The first-order chi connectivity index (χ1) is 9.11. The predicted molar refractivity (Wildman–Crippen MR) is 79.0 cm³/mol. The topological polar surface area (TPSA) is 32.3 Å². The highest BCUT2D eigenvalue weighted by Crippen LogP contribution is 2.28. The molecule has 3 heteroatoms. The third-order valence-electron chi connectivity index (χ3n) is 5.27. The maximum absolute atomic E-state index is 12.6. The lowest BCUT2D eigenvalue weighted by molar-refractivity contribution is -0.136. The van der Waals surface area contributed by atoms with Crippen LogP contribution in [-0.2, 0) is 4.79 Å². The van der Waals surface area contributed by atoms with Crippen LogP contribution in [0.15, 0.2) is 0 Å². The summed E-state index contributed by atoms with van der Waals surface area (Å²) in [6.45, 7) is 5.57.